The van der Waals surface area contributed by atoms with Gasteiger partial charge in [-0.2, -0.15) is 5.10 Å². The number of nitrogens with zero attached hydrogens (tertiary/aromatic N) is 6. The standard InChI is InChI=1S/C13H22N8.HI/c1-3-20-11-17-19-12(20)10-16-13(14-2)15-6-4-8-21-9-5-7-18-21;/h5,7,9,11H,3-4,6,8,10H2,1-2H3,(H2,14,15,16);1H. The summed E-state index contributed by atoms with van der Waals surface area (Å²) in [5.74, 6) is 1.66. The smallest absolute Gasteiger partial charge is 0.191 e. The lowest BCUT2D eigenvalue weighted by Gasteiger charge is -2.11. The number of nitrogens with one attached hydrogen (secondary N) is 2. The van der Waals surface area contributed by atoms with Gasteiger partial charge in [-0.05, 0) is 19.4 Å². The summed E-state index contributed by atoms with van der Waals surface area (Å²) in [5.41, 5.74) is 0. The molecule has 122 valence electrons. The largest absolute Gasteiger partial charge is 0.356 e. The first-order valence-electron chi connectivity index (χ1n) is 7.12. The summed E-state index contributed by atoms with van der Waals surface area (Å²) in [4.78, 5) is 4.19. The summed E-state index contributed by atoms with van der Waals surface area (Å²) in [6.07, 6.45) is 6.47. The molecule has 0 aliphatic rings. The molecule has 0 aliphatic carbocycles. The molecule has 0 atom stereocenters. The van der Waals surface area contributed by atoms with Crippen molar-refractivity contribution in [2.45, 2.75) is 33.0 Å². The lowest BCUT2D eigenvalue weighted by Crippen LogP contribution is -2.38. The summed E-state index contributed by atoms with van der Waals surface area (Å²) in [5, 5.41) is 18.7. The Balaban J connectivity index is 0.00000242. The van der Waals surface area contributed by atoms with E-state index >= 15 is 0 Å². The second kappa shape index (κ2) is 10.1. The van der Waals surface area contributed by atoms with E-state index in [0.717, 1.165) is 37.8 Å². The molecule has 0 aromatic carbocycles. The van der Waals surface area contributed by atoms with Gasteiger partial charge in [-0.1, -0.05) is 0 Å². The maximum atomic E-state index is 4.19. The van der Waals surface area contributed by atoms with Crippen molar-refractivity contribution in [2.24, 2.45) is 4.99 Å². The van der Waals surface area contributed by atoms with E-state index in [2.05, 4.69) is 37.8 Å². The first-order chi connectivity index (χ1) is 10.3. The molecule has 0 spiro atoms. The molecule has 0 unspecified atom stereocenters. The van der Waals surface area contributed by atoms with E-state index in [1.807, 2.05) is 21.5 Å². The molecule has 0 radical (unpaired) electrons. The van der Waals surface area contributed by atoms with E-state index < -0.39 is 0 Å². The molecule has 0 fully saturated rings. The van der Waals surface area contributed by atoms with Crippen LogP contribution < -0.4 is 10.6 Å². The molecule has 2 N–H and O–H groups in total. The maximum Gasteiger partial charge on any atom is 0.191 e. The Morgan fingerprint density at radius 1 is 1.36 bits per heavy atom. The monoisotopic (exact) mass is 418 g/mol. The lowest BCUT2D eigenvalue weighted by atomic mass is 10.4. The summed E-state index contributed by atoms with van der Waals surface area (Å²) in [6.45, 7) is 5.25. The molecular formula is C13H23IN8. The number of rotatable bonds is 7. The second-order valence-corrected chi connectivity index (χ2v) is 4.51. The number of aliphatic imine (C=N–C) groups is 1. The van der Waals surface area contributed by atoms with Gasteiger partial charge < -0.3 is 15.2 Å². The Morgan fingerprint density at radius 3 is 2.91 bits per heavy atom. The van der Waals surface area contributed by atoms with Gasteiger partial charge in [0.25, 0.3) is 0 Å². The normalized spacial score (nSPS) is 11.1. The van der Waals surface area contributed by atoms with Gasteiger partial charge in [0.15, 0.2) is 11.8 Å². The highest BCUT2D eigenvalue weighted by Gasteiger charge is 2.03. The third-order valence-corrected chi connectivity index (χ3v) is 3.09. The van der Waals surface area contributed by atoms with Gasteiger partial charge in [-0.25, -0.2) is 0 Å². The topological polar surface area (TPSA) is 85.0 Å². The van der Waals surface area contributed by atoms with E-state index in [4.69, 9.17) is 0 Å². The van der Waals surface area contributed by atoms with Crippen LogP contribution in [0.4, 0.5) is 0 Å². The first kappa shape index (κ1) is 18.4. The predicted molar refractivity (Wildman–Crippen MR) is 96.2 cm³/mol. The molecule has 22 heavy (non-hydrogen) atoms. The molecular weight excluding hydrogens is 395 g/mol. The van der Waals surface area contributed by atoms with Gasteiger partial charge in [0.1, 0.15) is 6.33 Å². The molecule has 9 heteroatoms. The molecule has 0 saturated carbocycles. The van der Waals surface area contributed by atoms with Crippen LogP contribution in [0.2, 0.25) is 0 Å². The van der Waals surface area contributed by atoms with Crippen LogP contribution >= 0.6 is 24.0 Å². The fourth-order valence-corrected chi connectivity index (χ4v) is 1.94. The van der Waals surface area contributed by atoms with Crippen LogP contribution in [-0.4, -0.2) is 44.1 Å². The Bertz CT molecular complexity index is 548. The molecule has 2 aromatic rings. The minimum Gasteiger partial charge on any atom is -0.356 e. The molecule has 0 saturated heterocycles. The van der Waals surface area contributed by atoms with Gasteiger partial charge in [0.2, 0.25) is 0 Å². The molecule has 0 amide bonds. The Kier molecular flexibility index (Phi) is 8.48. The minimum atomic E-state index is 0. The zero-order valence-electron chi connectivity index (χ0n) is 12.9. The van der Waals surface area contributed by atoms with Gasteiger partial charge in [-0.3, -0.25) is 9.67 Å². The predicted octanol–water partition coefficient (Wildman–Crippen LogP) is 0.868. The van der Waals surface area contributed by atoms with E-state index in [0.29, 0.717) is 6.54 Å². The maximum absolute atomic E-state index is 4.19. The van der Waals surface area contributed by atoms with E-state index in [9.17, 15) is 0 Å². The molecule has 0 aliphatic heterocycles. The van der Waals surface area contributed by atoms with Crippen LogP contribution in [0.25, 0.3) is 0 Å². The summed E-state index contributed by atoms with van der Waals surface area (Å²) < 4.78 is 3.92. The van der Waals surface area contributed by atoms with Crippen molar-refractivity contribution in [1.82, 2.24) is 35.2 Å². The van der Waals surface area contributed by atoms with Crippen molar-refractivity contribution in [2.75, 3.05) is 13.6 Å². The average molecular weight is 418 g/mol. The highest BCUT2D eigenvalue weighted by Crippen LogP contribution is 1.94. The number of aromatic nitrogens is 5. The van der Waals surface area contributed by atoms with Crippen LogP contribution in [0.15, 0.2) is 29.8 Å². The third kappa shape index (κ3) is 5.62. The van der Waals surface area contributed by atoms with Gasteiger partial charge in [-0.15, -0.1) is 34.2 Å². The van der Waals surface area contributed by atoms with Crippen molar-refractivity contribution in [3.63, 3.8) is 0 Å². The van der Waals surface area contributed by atoms with Crippen LogP contribution in [0, 0.1) is 0 Å². The zero-order chi connectivity index (χ0) is 14.9. The first-order valence-corrected chi connectivity index (χ1v) is 7.12. The summed E-state index contributed by atoms with van der Waals surface area (Å²) >= 11 is 0. The molecule has 2 heterocycles. The SMILES string of the molecule is CCn1cnnc1CNC(=NC)NCCCn1cccn1.I. The summed E-state index contributed by atoms with van der Waals surface area (Å²) in [6, 6.07) is 1.93. The Morgan fingerprint density at radius 2 is 2.23 bits per heavy atom. The number of hydrogen-bond acceptors (Lipinski definition) is 4. The fourth-order valence-electron chi connectivity index (χ4n) is 1.94. The lowest BCUT2D eigenvalue weighted by molar-refractivity contribution is 0.569. The molecule has 2 aromatic heterocycles. The number of halogens is 1. The van der Waals surface area contributed by atoms with Gasteiger partial charge in [0.05, 0.1) is 6.54 Å². The fraction of sp³-hybridized carbons (Fsp3) is 0.538. The van der Waals surface area contributed by atoms with Crippen molar-refractivity contribution in [3.8, 4) is 0 Å². The Hall–Kier alpha value is -1.65. The average Bonchev–Trinajstić information content (AvgIpc) is 3.17. The second-order valence-electron chi connectivity index (χ2n) is 4.51. The van der Waals surface area contributed by atoms with Crippen molar-refractivity contribution < 1.29 is 0 Å². The highest BCUT2D eigenvalue weighted by atomic mass is 127. The third-order valence-electron chi connectivity index (χ3n) is 3.09. The number of guanidine groups is 1. The number of aryl methyl sites for hydroxylation is 2. The quantitative estimate of drug-likeness (QED) is 0.302. The molecule has 2 rings (SSSR count). The van der Waals surface area contributed by atoms with Gasteiger partial charge in [0, 0.05) is 39.1 Å². The van der Waals surface area contributed by atoms with Crippen LogP contribution in [0.5, 0.6) is 0 Å². The zero-order valence-corrected chi connectivity index (χ0v) is 15.3. The van der Waals surface area contributed by atoms with Crippen LogP contribution in [0.1, 0.15) is 19.2 Å². The molecule has 0 bridgehead atoms. The van der Waals surface area contributed by atoms with Gasteiger partial charge >= 0.3 is 0 Å². The van der Waals surface area contributed by atoms with E-state index in [1.165, 1.54) is 0 Å². The minimum absolute atomic E-state index is 0. The van der Waals surface area contributed by atoms with Crippen LogP contribution in [-0.2, 0) is 19.6 Å². The highest BCUT2D eigenvalue weighted by molar-refractivity contribution is 14.0. The van der Waals surface area contributed by atoms with Crippen molar-refractivity contribution in [3.05, 3.63) is 30.6 Å². The van der Waals surface area contributed by atoms with Crippen molar-refractivity contribution in [1.29, 1.82) is 0 Å². The Labute approximate surface area is 147 Å². The van der Waals surface area contributed by atoms with Crippen molar-refractivity contribution >= 4 is 29.9 Å². The van der Waals surface area contributed by atoms with E-state index in [-0.39, 0.29) is 24.0 Å². The van der Waals surface area contributed by atoms with E-state index in [1.54, 1.807) is 19.6 Å². The molecule has 8 nitrogen and oxygen atoms in total. The summed E-state index contributed by atoms with van der Waals surface area (Å²) in [7, 11) is 1.76. The van der Waals surface area contributed by atoms with Crippen LogP contribution in [0.3, 0.4) is 0 Å². The number of hydrogen-bond donors (Lipinski definition) is 2.